The van der Waals surface area contributed by atoms with Crippen molar-refractivity contribution in [2.45, 2.75) is 45.4 Å². The summed E-state index contributed by atoms with van der Waals surface area (Å²) in [6.45, 7) is 4.47. The van der Waals surface area contributed by atoms with Gasteiger partial charge in [0.25, 0.3) is 0 Å². The van der Waals surface area contributed by atoms with Gasteiger partial charge in [-0.1, -0.05) is 24.6 Å². The molecule has 3 aromatic rings. The van der Waals surface area contributed by atoms with Crippen molar-refractivity contribution in [3.8, 4) is 5.75 Å². The van der Waals surface area contributed by atoms with Crippen LogP contribution < -0.4 is 4.74 Å². The zero-order chi connectivity index (χ0) is 18.6. The second-order valence-electron chi connectivity index (χ2n) is 7.15. The summed E-state index contributed by atoms with van der Waals surface area (Å²) in [5.74, 6) is 1.83. The molecule has 27 heavy (non-hydrogen) atoms. The number of ether oxygens (including phenoxy) is 1. The maximum atomic E-state index is 9.68. The van der Waals surface area contributed by atoms with Crippen molar-refractivity contribution in [2.24, 2.45) is 0 Å². The maximum absolute atomic E-state index is 9.68. The van der Waals surface area contributed by atoms with Crippen molar-refractivity contribution in [3.63, 3.8) is 0 Å². The number of piperidine rings is 1. The number of likely N-dealkylation sites (tertiary alicyclic amines) is 1. The van der Waals surface area contributed by atoms with Crippen molar-refractivity contribution in [1.82, 2.24) is 14.9 Å². The number of aromatic amines is 1. The van der Waals surface area contributed by atoms with Gasteiger partial charge in [0.2, 0.25) is 0 Å². The highest BCUT2D eigenvalue weighted by molar-refractivity contribution is 5.74. The standard InChI is InChI=1S/C22H27N3O2/c1-2-27-21-11-10-16(13-17(21)15-26)14-25-12-6-5-9-20(25)22-23-18-7-3-4-8-19(18)24-22/h3-4,7-8,10-11,13,20,26H,2,5-6,9,12,14-15H2,1H3,(H,23,24). The number of hydrogen-bond donors (Lipinski definition) is 2. The highest BCUT2D eigenvalue weighted by atomic mass is 16.5. The van der Waals surface area contributed by atoms with Gasteiger partial charge in [0.15, 0.2) is 0 Å². The van der Waals surface area contributed by atoms with Gasteiger partial charge < -0.3 is 14.8 Å². The van der Waals surface area contributed by atoms with Crippen LogP contribution in [-0.2, 0) is 13.2 Å². The molecule has 0 bridgehead atoms. The van der Waals surface area contributed by atoms with E-state index in [2.05, 4.69) is 34.1 Å². The number of aromatic nitrogens is 2. The molecule has 2 N–H and O–H groups in total. The Morgan fingerprint density at radius 2 is 2.11 bits per heavy atom. The predicted molar refractivity (Wildman–Crippen MR) is 107 cm³/mol. The van der Waals surface area contributed by atoms with Gasteiger partial charge in [0, 0.05) is 12.1 Å². The Hall–Kier alpha value is -2.37. The van der Waals surface area contributed by atoms with E-state index in [0.717, 1.165) is 47.7 Å². The van der Waals surface area contributed by atoms with E-state index >= 15 is 0 Å². The fourth-order valence-electron chi connectivity index (χ4n) is 4.01. The van der Waals surface area contributed by atoms with Crippen molar-refractivity contribution in [3.05, 3.63) is 59.4 Å². The molecule has 0 saturated carbocycles. The summed E-state index contributed by atoms with van der Waals surface area (Å²) in [6, 6.07) is 14.7. The van der Waals surface area contributed by atoms with E-state index in [1.54, 1.807) is 0 Å². The van der Waals surface area contributed by atoms with Gasteiger partial charge in [-0.2, -0.15) is 0 Å². The number of fused-ring (bicyclic) bond motifs is 1. The summed E-state index contributed by atoms with van der Waals surface area (Å²) in [5.41, 5.74) is 4.18. The van der Waals surface area contributed by atoms with Gasteiger partial charge in [0.1, 0.15) is 11.6 Å². The molecule has 1 fully saturated rings. The van der Waals surface area contributed by atoms with Gasteiger partial charge in [0.05, 0.1) is 30.3 Å². The van der Waals surface area contributed by atoms with Crippen LogP contribution >= 0.6 is 0 Å². The van der Waals surface area contributed by atoms with Gasteiger partial charge in [-0.3, -0.25) is 4.90 Å². The molecule has 0 aliphatic carbocycles. The third-order valence-electron chi connectivity index (χ3n) is 5.32. The molecule has 1 saturated heterocycles. The number of benzene rings is 2. The van der Waals surface area contributed by atoms with Crippen molar-refractivity contribution >= 4 is 11.0 Å². The maximum Gasteiger partial charge on any atom is 0.124 e. The lowest BCUT2D eigenvalue weighted by atomic mass is 10.00. The summed E-state index contributed by atoms with van der Waals surface area (Å²) in [5, 5.41) is 9.68. The number of nitrogens with one attached hydrogen (secondary N) is 1. The first kappa shape index (κ1) is 18.0. The lowest BCUT2D eigenvalue weighted by Gasteiger charge is -2.34. The Bertz CT molecular complexity index is 872. The minimum Gasteiger partial charge on any atom is -0.494 e. The van der Waals surface area contributed by atoms with E-state index in [4.69, 9.17) is 9.72 Å². The third kappa shape index (κ3) is 3.84. The zero-order valence-corrected chi connectivity index (χ0v) is 15.8. The van der Waals surface area contributed by atoms with Crippen LogP contribution in [0.4, 0.5) is 0 Å². The molecule has 1 aromatic heterocycles. The number of hydrogen-bond acceptors (Lipinski definition) is 4. The Balaban J connectivity index is 1.57. The molecule has 0 radical (unpaired) electrons. The van der Waals surface area contributed by atoms with Crippen LogP contribution in [0.3, 0.4) is 0 Å². The molecule has 5 heteroatoms. The molecular weight excluding hydrogens is 338 g/mol. The molecule has 0 spiro atoms. The highest BCUT2D eigenvalue weighted by Crippen LogP contribution is 2.32. The minimum absolute atomic E-state index is 0.00379. The fourth-order valence-corrected chi connectivity index (χ4v) is 4.01. The van der Waals surface area contributed by atoms with Crippen molar-refractivity contribution < 1.29 is 9.84 Å². The molecule has 2 heterocycles. The first-order valence-corrected chi connectivity index (χ1v) is 9.82. The monoisotopic (exact) mass is 365 g/mol. The fraction of sp³-hybridized carbons (Fsp3) is 0.409. The second kappa shape index (κ2) is 8.11. The van der Waals surface area contributed by atoms with E-state index < -0.39 is 0 Å². The van der Waals surface area contributed by atoms with E-state index in [-0.39, 0.29) is 6.61 Å². The number of aliphatic hydroxyl groups is 1. The average molecular weight is 365 g/mol. The SMILES string of the molecule is CCOc1ccc(CN2CCCCC2c2nc3ccccc3[nH]2)cc1CO. The van der Waals surface area contributed by atoms with E-state index in [9.17, 15) is 5.11 Å². The summed E-state index contributed by atoms with van der Waals surface area (Å²) in [4.78, 5) is 10.9. The molecule has 2 aromatic carbocycles. The van der Waals surface area contributed by atoms with Crippen molar-refractivity contribution in [2.75, 3.05) is 13.2 Å². The van der Waals surface area contributed by atoms with Gasteiger partial charge >= 0.3 is 0 Å². The number of imidazole rings is 1. The highest BCUT2D eigenvalue weighted by Gasteiger charge is 2.26. The van der Waals surface area contributed by atoms with Crippen LogP contribution in [0.25, 0.3) is 11.0 Å². The van der Waals surface area contributed by atoms with Crippen LogP contribution in [0, 0.1) is 0 Å². The van der Waals surface area contributed by atoms with Gasteiger partial charge in [-0.15, -0.1) is 0 Å². The molecule has 1 unspecified atom stereocenters. The Kier molecular flexibility index (Phi) is 5.41. The lowest BCUT2D eigenvalue weighted by molar-refractivity contribution is 0.134. The minimum atomic E-state index is -0.00379. The number of aliphatic hydroxyl groups excluding tert-OH is 1. The summed E-state index contributed by atoms with van der Waals surface area (Å²) in [7, 11) is 0. The summed E-state index contributed by atoms with van der Waals surface area (Å²) < 4.78 is 5.61. The number of para-hydroxylation sites is 2. The average Bonchev–Trinajstić information content (AvgIpc) is 3.13. The molecule has 1 atom stereocenters. The largest absolute Gasteiger partial charge is 0.494 e. The first-order valence-electron chi connectivity index (χ1n) is 9.82. The number of H-pyrrole nitrogens is 1. The number of rotatable bonds is 6. The van der Waals surface area contributed by atoms with E-state index in [1.165, 1.54) is 18.4 Å². The third-order valence-corrected chi connectivity index (χ3v) is 5.32. The molecule has 5 nitrogen and oxygen atoms in total. The van der Waals surface area contributed by atoms with E-state index in [1.807, 2.05) is 25.1 Å². The molecule has 0 amide bonds. The van der Waals surface area contributed by atoms with Crippen LogP contribution in [0.2, 0.25) is 0 Å². The Labute approximate surface area is 160 Å². The van der Waals surface area contributed by atoms with Crippen LogP contribution in [-0.4, -0.2) is 33.1 Å². The molecule has 1 aliphatic heterocycles. The van der Waals surface area contributed by atoms with Crippen LogP contribution in [0.15, 0.2) is 42.5 Å². The molecule has 1 aliphatic rings. The van der Waals surface area contributed by atoms with Crippen LogP contribution in [0.5, 0.6) is 5.75 Å². The molecule has 4 rings (SSSR count). The van der Waals surface area contributed by atoms with Gasteiger partial charge in [-0.25, -0.2) is 4.98 Å². The van der Waals surface area contributed by atoms with E-state index in [0.29, 0.717) is 12.6 Å². The lowest BCUT2D eigenvalue weighted by Crippen LogP contribution is -2.33. The summed E-state index contributed by atoms with van der Waals surface area (Å²) >= 11 is 0. The quantitative estimate of drug-likeness (QED) is 0.688. The van der Waals surface area contributed by atoms with Crippen molar-refractivity contribution in [1.29, 1.82) is 0 Å². The zero-order valence-electron chi connectivity index (χ0n) is 15.8. The number of nitrogens with zero attached hydrogens (tertiary/aromatic N) is 2. The van der Waals surface area contributed by atoms with Crippen LogP contribution in [0.1, 0.15) is 49.2 Å². The Morgan fingerprint density at radius 1 is 1.22 bits per heavy atom. The second-order valence-corrected chi connectivity index (χ2v) is 7.15. The smallest absolute Gasteiger partial charge is 0.124 e. The predicted octanol–water partition coefficient (Wildman–Crippen LogP) is 4.18. The topological polar surface area (TPSA) is 61.4 Å². The Morgan fingerprint density at radius 3 is 2.93 bits per heavy atom. The normalized spacial score (nSPS) is 18.1. The molecular formula is C22H27N3O2. The molecule has 142 valence electrons. The van der Waals surface area contributed by atoms with Gasteiger partial charge in [-0.05, 0) is 56.1 Å². The first-order chi connectivity index (χ1) is 13.3. The summed E-state index contributed by atoms with van der Waals surface area (Å²) in [6.07, 6.45) is 3.55.